The minimum Gasteiger partial charge on any atom is -0.348 e. The third kappa shape index (κ3) is 4.51. The van der Waals surface area contributed by atoms with Crippen LogP contribution in [-0.4, -0.2) is 34.8 Å². The highest BCUT2D eigenvalue weighted by Gasteiger charge is 2.51. The molecule has 2 N–H and O–H groups in total. The second-order valence-corrected chi connectivity index (χ2v) is 9.02. The molecule has 2 aliphatic rings. The van der Waals surface area contributed by atoms with Gasteiger partial charge < -0.3 is 10.6 Å². The second-order valence-electron chi connectivity index (χ2n) is 8.04. The number of nitrogens with zero attached hydrogens (tertiary/aromatic N) is 1. The van der Waals surface area contributed by atoms with E-state index in [1.807, 2.05) is 17.5 Å². The van der Waals surface area contributed by atoms with Crippen molar-refractivity contribution in [3.63, 3.8) is 0 Å². The van der Waals surface area contributed by atoms with Crippen LogP contribution in [0.4, 0.5) is 4.79 Å². The van der Waals surface area contributed by atoms with Crippen LogP contribution in [0.15, 0.2) is 17.5 Å². The maximum absolute atomic E-state index is 12.8. The smallest absolute Gasteiger partial charge is 0.325 e. The lowest BCUT2D eigenvalue weighted by Gasteiger charge is -2.30. The SMILES string of the molecule is CC(C)CC(NC(=O)CCN1C(=O)NC2(CCCCC2)C1=O)c1cccs1. The highest BCUT2D eigenvalue weighted by atomic mass is 32.1. The fraction of sp³-hybridized carbons (Fsp3) is 0.650. The van der Waals surface area contributed by atoms with Crippen LogP contribution in [0.2, 0.25) is 0 Å². The zero-order chi connectivity index (χ0) is 19.4. The molecular weight excluding hydrogens is 362 g/mol. The van der Waals surface area contributed by atoms with E-state index in [1.54, 1.807) is 11.3 Å². The molecule has 1 saturated heterocycles. The van der Waals surface area contributed by atoms with E-state index < -0.39 is 5.54 Å². The quantitative estimate of drug-likeness (QED) is 0.697. The summed E-state index contributed by atoms with van der Waals surface area (Å²) in [4.78, 5) is 39.9. The number of carbonyl (C=O) groups excluding carboxylic acids is 3. The van der Waals surface area contributed by atoms with Gasteiger partial charge in [-0.25, -0.2) is 4.79 Å². The first kappa shape index (κ1) is 19.9. The van der Waals surface area contributed by atoms with Gasteiger partial charge >= 0.3 is 6.03 Å². The Morgan fingerprint density at radius 3 is 2.67 bits per heavy atom. The molecule has 1 unspecified atom stereocenters. The van der Waals surface area contributed by atoms with Gasteiger partial charge in [-0.3, -0.25) is 14.5 Å². The van der Waals surface area contributed by atoms with Gasteiger partial charge in [0.1, 0.15) is 5.54 Å². The van der Waals surface area contributed by atoms with Gasteiger partial charge in [-0.05, 0) is 36.6 Å². The first-order chi connectivity index (χ1) is 12.9. The van der Waals surface area contributed by atoms with Crippen molar-refractivity contribution in [1.29, 1.82) is 0 Å². The van der Waals surface area contributed by atoms with Crippen molar-refractivity contribution in [2.24, 2.45) is 5.92 Å². The van der Waals surface area contributed by atoms with Crippen LogP contribution in [-0.2, 0) is 9.59 Å². The number of nitrogens with one attached hydrogen (secondary N) is 2. The predicted molar refractivity (Wildman–Crippen MR) is 105 cm³/mol. The van der Waals surface area contributed by atoms with Crippen LogP contribution in [0.5, 0.6) is 0 Å². The molecular formula is C20H29N3O3S. The highest BCUT2D eigenvalue weighted by Crippen LogP contribution is 2.33. The lowest BCUT2D eigenvalue weighted by atomic mass is 9.82. The van der Waals surface area contributed by atoms with Gasteiger partial charge in [-0.1, -0.05) is 39.2 Å². The standard InChI is InChI=1S/C20H29N3O3S/c1-14(2)13-15(16-7-6-12-27-16)21-17(24)8-11-23-18(25)20(22-19(23)26)9-4-3-5-10-20/h6-7,12,14-15H,3-5,8-11,13H2,1-2H3,(H,21,24)(H,22,26). The number of thiophene rings is 1. The molecule has 6 nitrogen and oxygen atoms in total. The van der Waals surface area contributed by atoms with Crippen LogP contribution >= 0.6 is 11.3 Å². The third-order valence-electron chi connectivity index (χ3n) is 5.44. The normalized spacial score (nSPS) is 20.2. The van der Waals surface area contributed by atoms with Crippen molar-refractivity contribution in [2.75, 3.05) is 6.54 Å². The molecule has 1 aliphatic carbocycles. The van der Waals surface area contributed by atoms with Gasteiger partial charge in [0, 0.05) is 17.8 Å². The lowest BCUT2D eigenvalue weighted by Crippen LogP contribution is -2.48. The first-order valence-corrected chi connectivity index (χ1v) is 10.8. The second kappa shape index (κ2) is 8.42. The average molecular weight is 392 g/mol. The summed E-state index contributed by atoms with van der Waals surface area (Å²) in [6.45, 7) is 4.39. The fourth-order valence-electron chi connectivity index (χ4n) is 4.06. The lowest BCUT2D eigenvalue weighted by molar-refractivity contribution is -0.132. The molecule has 148 valence electrons. The molecule has 4 amide bonds. The Morgan fingerprint density at radius 1 is 1.30 bits per heavy atom. The van der Waals surface area contributed by atoms with Gasteiger partial charge in [0.05, 0.1) is 6.04 Å². The first-order valence-electron chi connectivity index (χ1n) is 9.88. The minimum atomic E-state index is -0.719. The van der Waals surface area contributed by atoms with Crippen LogP contribution in [0.25, 0.3) is 0 Å². The summed E-state index contributed by atoms with van der Waals surface area (Å²) < 4.78 is 0. The largest absolute Gasteiger partial charge is 0.348 e. The van der Waals surface area contributed by atoms with E-state index in [0.717, 1.165) is 30.6 Å². The number of hydrogen-bond donors (Lipinski definition) is 2. The maximum atomic E-state index is 12.8. The molecule has 0 radical (unpaired) electrons. The van der Waals surface area contributed by atoms with Crippen LogP contribution in [0.1, 0.15) is 69.7 Å². The molecule has 2 heterocycles. The number of imide groups is 1. The van der Waals surface area contributed by atoms with Gasteiger partial charge in [0.15, 0.2) is 0 Å². The molecule has 7 heteroatoms. The molecule has 1 saturated carbocycles. The zero-order valence-corrected chi connectivity index (χ0v) is 16.9. The van der Waals surface area contributed by atoms with E-state index in [1.165, 1.54) is 4.90 Å². The maximum Gasteiger partial charge on any atom is 0.325 e. The van der Waals surface area contributed by atoms with Crippen molar-refractivity contribution in [1.82, 2.24) is 15.5 Å². The van der Waals surface area contributed by atoms with E-state index in [9.17, 15) is 14.4 Å². The van der Waals surface area contributed by atoms with Crippen molar-refractivity contribution < 1.29 is 14.4 Å². The summed E-state index contributed by atoms with van der Waals surface area (Å²) in [6.07, 6.45) is 5.42. The summed E-state index contributed by atoms with van der Waals surface area (Å²) in [5.74, 6) is 0.172. The van der Waals surface area contributed by atoms with E-state index in [0.29, 0.717) is 18.8 Å². The minimum absolute atomic E-state index is 0.0229. The molecule has 1 aromatic rings. The Kier molecular flexibility index (Phi) is 6.19. The van der Waals surface area contributed by atoms with E-state index in [4.69, 9.17) is 0 Å². The van der Waals surface area contributed by atoms with E-state index in [-0.39, 0.29) is 36.9 Å². The van der Waals surface area contributed by atoms with Crippen molar-refractivity contribution in [3.8, 4) is 0 Å². The van der Waals surface area contributed by atoms with Crippen LogP contribution < -0.4 is 10.6 Å². The summed E-state index contributed by atoms with van der Waals surface area (Å²) in [5.41, 5.74) is -0.719. The molecule has 0 bridgehead atoms. The topological polar surface area (TPSA) is 78.5 Å². The third-order valence-corrected chi connectivity index (χ3v) is 6.43. The predicted octanol–water partition coefficient (Wildman–Crippen LogP) is 3.60. The number of urea groups is 1. The van der Waals surface area contributed by atoms with Gasteiger partial charge in [-0.15, -0.1) is 11.3 Å². The number of hydrogen-bond acceptors (Lipinski definition) is 4. The van der Waals surface area contributed by atoms with Gasteiger partial charge in [-0.2, -0.15) is 0 Å². The molecule has 1 aliphatic heterocycles. The Balaban J connectivity index is 1.56. The number of rotatable bonds is 7. The molecule has 0 aromatic carbocycles. The Morgan fingerprint density at radius 2 is 2.04 bits per heavy atom. The molecule has 1 aromatic heterocycles. The molecule has 1 atom stereocenters. The summed E-state index contributed by atoms with van der Waals surface area (Å²) in [5, 5.41) is 7.97. The molecule has 1 spiro atoms. The number of amides is 4. The van der Waals surface area contributed by atoms with E-state index in [2.05, 4.69) is 24.5 Å². The Hall–Kier alpha value is -1.89. The summed E-state index contributed by atoms with van der Waals surface area (Å²) >= 11 is 1.63. The molecule has 2 fully saturated rings. The van der Waals surface area contributed by atoms with Crippen molar-refractivity contribution >= 4 is 29.2 Å². The molecule has 3 rings (SSSR count). The number of carbonyl (C=O) groups is 3. The van der Waals surface area contributed by atoms with Crippen LogP contribution in [0.3, 0.4) is 0 Å². The molecule has 27 heavy (non-hydrogen) atoms. The Labute approximate surface area is 164 Å². The zero-order valence-electron chi connectivity index (χ0n) is 16.1. The van der Waals surface area contributed by atoms with Gasteiger partial charge in [0.25, 0.3) is 5.91 Å². The average Bonchev–Trinajstić information content (AvgIpc) is 3.22. The van der Waals surface area contributed by atoms with Gasteiger partial charge in [0.2, 0.25) is 5.91 Å². The van der Waals surface area contributed by atoms with Crippen molar-refractivity contribution in [3.05, 3.63) is 22.4 Å². The Bertz CT molecular complexity index is 681. The fourth-order valence-corrected chi connectivity index (χ4v) is 4.85. The monoisotopic (exact) mass is 391 g/mol. The van der Waals surface area contributed by atoms with Crippen molar-refractivity contribution in [2.45, 2.75) is 70.4 Å². The highest BCUT2D eigenvalue weighted by molar-refractivity contribution is 7.10. The van der Waals surface area contributed by atoms with E-state index >= 15 is 0 Å². The summed E-state index contributed by atoms with van der Waals surface area (Å²) in [6, 6.07) is 3.63. The summed E-state index contributed by atoms with van der Waals surface area (Å²) in [7, 11) is 0. The van der Waals surface area contributed by atoms with Crippen LogP contribution in [0, 0.1) is 5.92 Å².